The number of ketones is 1. The lowest BCUT2D eigenvalue weighted by Crippen LogP contribution is -2.34. The summed E-state index contributed by atoms with van der Waals surface area (Å²) in [4.78, 5) is 42.2. The van der Waals surface area contributed by atoms with E-state index in [-0.39, 0.29) is 11.7 Å². The number of hydrogen-bond acceptors (Lipinski definition) is 6. The van der Waals surface area contributed by atoms with E-state index in [1.165, 1.54) is 18.3 Å². The molecule has 2 amide bonds. The Morgan fingerprint density at radius 1 is 0.970 bits per heavy atom. The molecule has 0 fully saturated rings. The molecule has 33 heavy (non-hydrogen) atoms. The molecule has 0 radical (unpaired) electrons. The highest BCUT2D eigenvalue weighted by Crippen LogP contribution is 2.27. The molecule has 0 saturated heterocycles. The number of rotatable bonds is 7. The van der Waals surface area contributed by atoms with Gasteiger partial charge in [0.15, 0.2) is 5.01 Å². The summed E-state index contributed by atoms with van der Waals surface area (Å²) in [5.74, 6) is -0.902. The first-order valence-electron chi connectivity index (χ1n) is 10.3. The SMILES string of the molecule is CC(=O)Nc1ccc(C(=O)NC(C(=O)c2nc3ccccc3s2)c2ccc(CN)cc2)cc1. The van der Waals surface area contributed by atoms with E-state index in [9.17, 15) is 14.4 Å². The Morgan fingerprint density at radius 3 is 2.30 bits per heavy atom. The van der Waals surface area contributed by atoms with Crippen molar-refractivity contribution in [3.63, 3.8) is 0 Å². The molecule has 1 aromatic heterocycles. The van der Waals surface area contributed by atoms with Crippen LogP contribution in [-0.4, -0.2) is 22.6 Å². The van der Waals surface area contributed by atoms with Crippen LogP contribution in [0.25, 0.3) is 10.2 Å². The summed E-state index contributed by atoms with van der Waals surface area (Å²) in [5, 5.41) is 5.83. The van der Waals surface area contributed by atoms with Crippen LogP contribution < -0.4 is 16.4 Å². The first kappa shape index (κ1) is 22.3. The molecule has 0 spiro atoms. The molecule has 3 aromatic carbocycles. The van der Waals surface area contributed by atoms with E-state index >= 15 is 0 Å². The van der Waals surface area contributed by atoms with Gasteiger partial charge >= 0.3 is 0 Å². The fourth-order valence-corrected chi connectivity index (χ4v) is 4.31. The van der Waals surface area contributed by atoms with E-state index in [2.05, 4.69) is 15.6 Å². The van der Waals surface area contributed by atoms with Gasteiger partial charge in [-0.15, -0.1) is 11.3 Å². The lowest BCUT2D eigenvalue weighted by Gasteiger charge is -2.18. The minimum atomic E-state index is -0.917. The van der Waals surface area contributed by atoms with Crippen LogP contribution in [0.5, 0.6) is 0 Å². The van der Waals surface area contributed by atoms with Gasteiger partial charge in [-0.2, -0.15) is 0 Å². The highest BCUT2D eigenvalue weighted by molar-refractivity contribution is 7.20. The number of fused-ring (bicyclic) bond motifs is 1. The molecule has 8 heteroatoms. The zero-order chi connectivity index (χ0) is 23.4. The molecule has 0 aliphatic carbocycles. The quantitative estimate of drug-likeness (QED) is 0.361. The van der Waals surface area contributed by atoms with Crippen molar-refractivity contribution in [2.45, 2.75) is 19.5 Å². The van der Waals surface area contributed by atoms with Gasteiger partial charge in [0.2, 0.25) is 11.7 Å². The number of thiazole rings is 1. The van der Waals surface area contributed by atoms with Gasteiger partial charge in [0.25, 0.3) is 5.91 Å². The fourth-order valence-electron chi connectivity index (χ4n) is 3.37. The third-order valence-electron chi connectivity index (χ3n) is 5.06. The van der Waals surface area contributed by atoms with Gasteiger partial charge in [0.05, 0.1) is 10.2 Å². The summed E-state index contributed by atoms with van der Waals surface area (Å²) in [5.41, 5.74) is 8.94. The van der Waals surface area contributed by atoms with Crippen molar-refractivity contribution in [3.05, 3.63) is 94.5 Å². The third kappa shape index (κ3) is 5.14. The first-order valence-corrected chi connectivity index (χ1v) is 11.1. The van der Waals surface area contributed by atoms with E-state index in [1.807, 2.05) is 36.4 Å². The number of nitrogens with zero attached hydrogens (tertiary/aromatic N) is 1. The highest BCUT2D eigenvalue weighted by Gasteiger charge is 2.27. The van der Waals surface area contributed by atoms with Crippen molar-refractivity contribution in [1.82, 2.24) is 10.3 Å². The summed E-state index contributed by atoms with van der Waals surface area (Å²) >= 11 is 1.29. The Labute approximate surface area is 194 Å². The van der Waals surface area contributed by atoms with Crippen molar-refractivity contribution in [3.8, 4) is 0 Å². The molecule has 0 aliphatic rings. The number of para-hydroxylation sites is 1. The Hall–Kier alpha value is -3.88. The molecule has 4 N–H and O–H groups in total. The predicted molar refractivity (Wildman–Crippen MR) is 129 cm³/mol. The van der Waals surface area contributed by atoms with E-state index in [0.29, 0.717) is 28.4 Å². The lowest BCUT2D eigenvalue weighted by molar-refractivity contribution is -0.114. The van der Waals surface area contributed by atoms with Crippen LogP contribution in [0, 0.1) is 0 Å². The number of carbonyl (C=O) groups excluding carboxylic acids is 3. The van der Waals surface area contributed by atoms with Crippen molar-refractivity contribution >= 4 is 44.8 Å². The first-order chi connectivity index (χ1) is 15.9. The van der Waals surface area contributed by atoms with Crippen molar-refractivity contribution in [1.29, 1.82) is 0 Å². The van der Waals surface area contributed by atoms with Gasteiger partial charge in [-0.3, -0.25) is 14.4 Å². The molecule has 4 rings (SSSR count). The molecule has 1 atom stereocenters. The summed E-state index contributed by atoms with van der Waals surface area (Å²) in [6.07, 6.45) is 0. The maximum Gasteiger partial charge on any atom is 0.252 e. The Balaban J connectivity index is 1.64. The van der Waals surface area contributed by atoms with Gasteiger partial charge in [-0.1, -0.05) is 36.4 Å². The van der Waals surface area contributed by atoms with Crippen LogP contribution in [-0.2, 0) is 11.3 Å². The number of aromatic nitrogens is 1. The van der Waals surface area contributed by atoms with Gasteiger partial charge < -0.3 is 16.4 Å². The summed E-state index contributed by atoms with van der Waals surface area (Å²) in [7, 11) is 0. The van der Waals surface area contributed by atoms with Crippen LogP contribution in [0.4, 0.5) is 5.69 Å². The monoisotopic (exact) mass is 458 g/mol. The van der Waals surface area contributed by atoms with Crippen LogP contribution in [0.1, 0.15) is 44.3 Å². The standard InChI is InChI=1S/C25H22N4O3S/c1-15(30)27-19-12-10-18(11-13-19)24(32)29-22(17-8-6-16(14-26)7-9-17)23(31)25-28-20-4-2-3-5-21(20)33-25/h2-13,22H,14,26H2,1H3,(H,27,30)(H,29,32). The number of carbonyl (C=O) groups is 3. The molecule has 0 saturated carbocycles. The second-order valence-electron chi connectivity index (χ2n) is 7.46. The van der Waals surface area contributed by atoms with Crippen molar-refractivity contribution in [2.24, 2.45) is 5.73 Å². The van der Waals surface area contributed by atoms with E-state index < -0.39 is 11.9 Å². The second-order valence-corrected chi connectivity index (χ2v) is 8.49. The Bertz CT molecular complexity index is 1280. The maximum absolute atomic E-state index is 13.5. The lowest BCUT2D eigenvalue weighted by atomic mass is 10.0. The largest absolute Gasteiger partial charge is 0.338 e. The van der Waals surface area contributed by atoms with Crippen LogP contribution in [0.15, 0.2) is 72.8 Å². The minimum Gasteiger partial charge on any atom is -0.338 e. The zero-order valence-electron chi connectivity index (χ0n) is 17.9. The van der Waals surface area contributed by atoms with Crippen molar-refractivity contribution in [2.75, 3.05) is 5.32 Å². The second kappa shape index (κ2) is 9.72. The van der Waals surface area contributed by atoms with Crippen LogP contribution in [0.3, 0.4) is 0 Å². The molecule has 1 unspecified atom stereocenters. The Kier molecular flexibility index (Phi) is 6.58. The van der Waals surface area contributed by atoms with Crippen LogP contribution >= 0.6 is 11.3 Å². The van der Waals surface area contributed by atoms with Gasteiger partial charge in [-0.25, -0.2) is 4.98 Å². The number of benzene rings is 3. The van der Waals surface area contributed by atoms with Gasteiger partial charge in [0, 0.05) is 24.7 Å². The van der Waals surface area contributed by atoms with Gasteiger partial charge in [-0.05, 0) is 47.5 Å². The average Bonchev–Trinajstić information content (AvgIpc) is 3.26. The number of nitrogens with one attached hydrogen (secondary N) is 2. The van der Waals surface area contributed by atoms with Crippen molar-refractivity contribution < 1.29 is 14.4 Å². The number of amides is 2. The fraction of sp³-hybridized carbons (Fsp3) is 0.120. The molecular weight excluding hydrogens is 436 g/mol. The van der Waals surface area contributed by atoms with Crippen LogP contribution in [0.2, 0.25) is 0 Å². The predicted octanol–water partition coefficient (Wildman–Crippen LogP) is 4.07. The Morgan fingerprint density at radius 2 is 1.67 bits per heavy atom. The molecule has 1 heterocycles. The third-order valence-corrected chi connectivity index (χ3v) is 6.11. The molecule has 0 bridgehead atoms. The van der Waals surface area contributed by atoms with E-state index in [0.717, 1.165) is 15.8 Å². The summed E-state index contributed by atoms with van der Waals surface area (Å²) < 4.78 is 0.901. The average molecular weight is 459 g/mol. The number of nitrogens with two attached hydrogens (primary N) is 1. The van der Waals surface area contributed by atoms with E-state index in [1.54, 1.807) is 36.4 Å². The molecule has 4 aromatic rings. The minimum absolute atomic E-state index is 0.199. The summed E-state index contributed by atoms with van der Waals surface area (Å²) in [6, 6.07) is 20.3. The molecule has 166 valence electrons. The van der Waals surface area contributed by atoms with Gasteiger partial charge in [0.1, 0.15) is 6.04 Å². The van der Waals surface area contributed by atoms with E-state index in [4.69, 9.17) is 5.73 Å². The maximum atomic E-state index is 13.5. The molecular formula is C25H22N4O3S. The smallest absolute Gasteiger partial charge is 0.252 e. The number of anilines is 1. The highest BCUT2D eigenvalue weighted by atomic mass is 32.1. The number of Topliss-reactive ketones (excluding diaryl/α,β-unsaturated/α-hetero) is 1. The number of hydrogen-bond donors (Lipinski definition) is 3. The normalized spacial score (nSPS) is 11.7. The molecule has 0 aliphatic heterocycles. The molecule has 7 nitrogen and oxygen atoms in total. The zero-order valence-corrected chi connectivity index (χ0v) is 18.7. The summed E-state index contributed by atoms with van der Waals surface area (Å²) in [6.45, 7) is 1.79. The topological polar surface area (TPSA) is 114 Å².